The molecule has 0 bridgehead atoms. The molecule has 1 aromatic carbocycles. The molecule has 0 aliphatic heterocycles. The maximum absolute atomic E-state index is 13.7. The van der Waals surface area contributed by atoms with Gasteiger partial charge < -0.3 is 15.0 Å². The average Bonchev–Trinajstić information content (AvgIpc) is 3.00. The van der Waals surface area contributed by atoms with Crippen molar-refractivity contribution in [3.63, 3.8) is 0 Å². The van der Waals surface area contributed by atoms with E-state index in [1.54, 1.807) is 42.7 Å². The minimum Gasteiger partial charge on any atom is -0.437 e. The summed E-state index contributed by atoms with van der Waals surface area (Å²) in [5, 5.41) is 3.44. The Balaban J connectivity index is 1.67. The molecule has 0 saturated heterocycles. The molecular formula is C16H13ClFN3O. The normalized spacial score (nSPS) is 10.5. The zero-order valence-electron chi connectivity index (χ0n) is 11.5. The van der Waals surface area contributed by atoms with Crippen LogP contribution in [-0.2, 0) is 6.54 Å². The first kappa shape index (κ1) is 14.4. The van der Waals surface area contributed by atoms with Crippen LogP contribution in [0.25, 0.3) is 0 Å². The average molecular weight is 318 g/mol. The lowest BCUT2D eigenvalue weighted by atomic mass is 10.2. The van der Waals surface area contributed by atoms with Gasteiger partial charge in [0.25, 0.3) is 0 Å². The molecule has 0 spiro atoms. The van der Waals surface area contributed by atoms with Gasteiger partial charge in [-0.3, -0.25) is 0 Å². The Labute approximate surface area is 131 Å². The first-order chi connectivity index (χ1) is 10.7. The van der Waals surface area contributed by atoms with E-state index in [2.05, 4.69) is 15.3 Å². The van der Waals surface area contributed by atoms with E-state index in [1.165, 1.54) is 6.07 Å². The summed E-state index contributed by atoms with van der Waals surface area (Å²) in [6.07, 6.45) is 3.49. The zero-order valence-corrected chi connectivity index (χ0v) is 12.3. The van der Waals surface area contributed by atoms with Crippen LogP contribution in [-0.4, -0.2) is 9.97 Å². The molecule has 22 heavy (non-hydrogen) atoms. The Hall–Kier alpha value is -2.53. The Morgan fingerprint density at radius 3 is 2.91 bits per heavy atom. The van der Waals surface area contributed by atoms with Crippen molar-refractivity contribution in [2.45, 2.75) is 6.54 Å². The van der Waals surface area contributed by atoms with E-state index in [9.17, 15) is 4.39 Å². The molecule has 2 heterocycles. The van der Waals surface area contributed by atoms with E-state index in [-0.39, 0.29) is 5.82 Å². The van der Waals surface area contributed by atoms with Crippen molar-refractivity contribution in [2.75, 3.05) is 5.32 Å². The summed E-state index contributed by atoms with van der Waals surface area (Å²) < 4.78 is 19.3. The summed E-state index contributed by atoms with van der Waals surface area (Å²) in [6, 6.07) is 11.7. The quantitative estimate of drug-likeness (QED) is 0.722. The largest absolute Gasteiger partial charge is 0.437 e. The monoisotopic (exact) mass is 317 g/mol. The second kappa shape index (κ2) is 6.49. The van der Waals surface area contributed by atoms with E-state index in [4.69, 9.17) is 16.3 Å². The molecule has 0 atom stereocenters. The number of halogens is 2. The van der Waals surface area contributed by atoms with Crippen molar-refractivity contribution in [1.29, 1.82) is 0 Å². The first-order valence-corrected chi connectivity index (χ1v) is 7.04. The smallest absolute Gasteiger partial charge is 0.221 e. The summed E-state index contributed by atoms with van der Waals surface area (Å²) >= 11 is 5.73. The van der Waals surface area contributed by atoms with E-state index in [1.807, 2.05) is 6.07 Å². The van der Waals surface area contributed by atoms with Gasteiger partial charge in [0.05, 0.1) is 0 Å². The minimum absolute atomic E-state index is 0.309. The van der Waals surface area contributed by atoms with Gasteiger partial charge >= 0.3 is 0 Å². The van der Waals surface area contributed by atoms with Crippen molar-refractivity contribution in [1.82, 2.24) is 9.97 Å². The number of ether oxygens (including phenoxy) is 1. The van der Waals surface area contributed by atoms with Crippen LogP contribution in [0.1, 0.15) is 5.56 Å². The molecule has 0 fully saturated rings. The highest BCUT2D eigenvalue weighted by Gasteiger charge is 2.04. The molecule has 2 N–H and O–H groups in total. The van der Waals surface area contributed by atoms with Crippen molar-refractivity contribution < 1.29 is 9.13 Å². The van der Waals surface area contributed by atoms with Gasteiger partial charge in [0, 0.05) is 35.6 Å². The summed E-state index contributed by atoms with van der Waals surface area (Å²) in [5.41, 5.74) is 0.517. The fourth-order valence-electron chi connectivity index (χ4n) is 1.91. The lowest BCUT2D eigenvalue weighted by Crippen LogP contribution is -2.03. The van der Waals surface area contributed by atoms with Crippen LogP contribution < -0.4 is 10.1 Å². The molecule has 112 valence electrons. The fourth-order valence-corrected chi connectivity index (χ4v) is 2.07. The van der Waals surface area contributed by atoms with Gasteiger partial charge in [0.15, 0.2) is 0 Å². The molecular weight excluding hydrogens is 305 g/mol. The Morgan fingerprint density at radius 1 is 1.23 bits per heavy atom. The minimum atomic E-state index is -0.347. The predicted octanol–water partition coefficient (Wildman–Crippen LogP) is 4.61. The van der Waals surface area contributed by atoms with Crippen LogP contribution in [0.2, 0.25) is 5.02 Å². The van der Waals surface area contributed by atoms with Crippen molar-refractivity contribution in [3.8, 4) is 11.6 Å². The molecule has 0 aliphatic carbocycles. The second-order valence-corrected chi connectivity index (χ2v) is 5.04. The van der Waals surface area contributed by atoms with Gasteiger partial charge in [-0.05, 0) is 24.3 Å². The number of rotatable bonds is 5. The molecule has 0 aliphatic rings. The van der Waals surface area contributed by atoms with Gasteiger partial charge in [-0.2, -0.15) is 4.98 Å². The number of anilines is 1. The highest BCUT2D eigenvalue weighted by Crippen LogP contribution is 2.21. The molecule has 3 aromatic rings. The first-order valence-electron chi connectivity index (χ1n) is 6.66. The highest BCUT2D eigenvalue weighted by atomic mass is 35.5. The second-order valence-electron chi connectivity index (χ2n) is 4.60. The zero-order chi connectivity index (χ0) is 15.4. The van der Waals surface area contributed by atoms with Gasteiger partial charge in [-0.1, -0.05) is 23.7 Å². The van der Waals surface area contributed by atoms with Gasteiger partial charge in [-0.15, -0.1) is 0 Å². The van der Waals surface area contributed by atoms with Gasteiger partial charge in [-0.25, -0.2) is 4.39 Å². The van der Waals surface area contributed by atoms with Gasteiger partial charge in [0.1, 0.15) is 17.4 Å². The summed E-state index contributed by atoms with van der Waals surface area (Å²) in [4.78, 5) is 7.22. The third-order valence-electron chi connectivity index (χ3n) is 2.99. The SMILES string of the molecule is Fc1cc(Cl)ccc1CNc1cccc(Oc2cc[nH]c2)n1. The van der Waals surface area contributed by atoms with E-state index in [0.717, 1.165) is 0 Å². The topological polar surface area (TPSA) is 49.9 Å². The number of H-pyrrole nitrogens is 1. The molecule has 0 amide bonds. The molecule has 6 heteroatoms. The lowest BCUT2D eigenvalue weighted by Gasteiger charge is -2.08. The van der Waals surface area contributed by atoms with Crippen LogP contribution >= 0.6 is 11.6 Å². The number of aromatic amines is 1. The molecule has 0 saturated carbocycles. The Bertz CT molecular complexity index is 762. The van der Waals surface area contributed by atoms with Crippen LogP contribution in [0.4, 0.5) is 10.2 Å². The number of pyridine rings is 1. The van der Waals surface area contributed by atoms with Crippen LogP contribution in [0.3, 0.4) is 0 Å². The number of nitrogens with zero attached hydrogens (tertiary/aromatic N) is 1. The van der Waals surface area contributed by atoms with Crippen LogP contribution in [0.15, 0.2) is 54.9 Å². The predicted molar refractivity (Wildman–Crippen MR) is 83.8 cm³/mol. The van der Waals surface area contributed by atoms with Gasteiger partial charge in [0.2, 0.25) is 5.88 Å². The third kappa shape index (κ3) is 3.56. The van der Waals surface area contributed by atoms with E-state index >= 15 is 0 Å². The third-order valence-corrected chi connectivity index (χ3v) is 3.23. The van der Waals surface area contributed by atoms with Crippen LogP contribution in [0, 0.1) is 5.82 Å². The molecule has 4 nitrogen and oxygen atoms in total. The highest BCUT2D eigenvalue weighted by molar-refractivity contribution is 6.30. The van der Waals surface area contributed by atoms with Crippen LogP contribution in [0.5, 0.6) is 11.6 Å². The standard InChI is InChI=1S/C16H13ClFN3O/c17-12-5-4-11(14(18)8-12)9-20-15-2-1-3-16(21-15)22-13-6-7-19-10-13/h1-8,10,19H,9H2,(H,20,21). The molecule has 0 unspecified atom stereocenters. The maximum atomic E-state index is 13.7. The number of aromatic nitrogens is 2. The van der Waals surface area contributed by atoms with Crippen molar-refractivity contribution in [3.05, 3.63) is 71.3 Å². The fraction of sp³-hybridized carbons (Fsp3) is 0.0625. The number of nitrogens with one attached hydrogen (secondary N) is 2. The number of hydrogen-bond donors (Lipinski definition) is 2. The molecule has 0 radical (unpaired) electrons. The summed E-state index contributed by atoms with van der Waals surface area (Å²) in [5.74, 6) is 1.39. The number of benzene rings is 1. The maximum Gasteiger partial charge on any atom is 0.221 e. The van der Waals surface area contributed by atoms with E-state index in [0.29, 0.717) is 34.6 Å². The Morgan fingerprint density at radius 2 is 2.14 bits per heavy atom. The summed E-state index contributed by atoms with van der Waals surface area (Å²) in [7, 11) is 0. The lowest BCUT2D eigenvalue weighted by molar-refractivity contribution is 0.464. The van der Waals surface area contributed by atoms with E-state index < -0.39 is 0 Å². The number of hydrogen-bond acceptors (Lipinski definition) is 3. The van der Waals surface area contributed by atoms with Crippen molar-refractivity contribution >= 4 is 17.4 Å². The Kier molecular flexibility index (Phi) is 4.25. The molecule has 2 aromatic heterocycles. The van der Waals surface area contributed by atoms with Crippen molar-refractivity contribution in [2.24, 2.45) is 0 Å². The summed E-state index contributed by atoms with van der Waals surface area (Å²) in [6.45, 7) is 0.309. The molecule has 3 rings (SSSR count).